The maximum atomic E-state index is 12.0. The zero-order valence-electron chi connectivity index (χ0n) is 10.2. The predicted molar refractivity (Wildman–Crippen MR) is 68.0 cm³/mol. The van der Waals surface area contributed by atoms with Gasteiger partial charge in [-0.25, -0.2) is 0 Å². The summed E-state index contributed by atoms with van der Waals surface area (Å²) in [6.07, 6.45) is -0.815. The van der Waals surface area contributed by atoms with Crippen LogP contribution in [0.15, 0.2) is 17.5 Å². The Bertz CT molecular complexity index is 427. The molecular weight excluding hydrogens is 270 g/mol. The van der Waals surface area contributed by atoms with Crippen molar-refractivity contribution in [3.8, 4) is 0 Å². The van der Waals surface area contributed by atoms with Gasteiger partial charge >= 0.3 is 5.97 Å². The number of hydrogen-bond donors (Lipinski definition) is 2. The van der Waals surface area contributed by atoms with Gasteiger partial charge < -0.3 is 19.9 Å². The highest BCUT2D eigenvalue weighted by molar-refractivity contribution is 7.10. The zero-order valence-corrected chi connectivity index (χ0v) is 11.0. The van der Waals surface area contributed by atoms with Crippen LogP contribution in [0, 0.1) is 0 Å². The number of rotatable bonds is 5. The minimum absolute atomic E-state index is 0.153. The van der Waals surface area contributed by atoms with Crippen molar-refractivity contribution in [2.24, 2.45) is 0 Å². The number of thiophene rings is 1. The van der Waals surface area contributed by atoms with Crippen molar-refractivity contribution in [3.05, 3.63) is 22.4 Å². The summed E-state index contributed by atoms with van der Waals surface area (Å²) in [6.45, 7) is 1.06. The van der Waals surface area contributed by atoms with Gasteiger partial charge in [0.15, 0.2) is 6.10 Å². The fourth-order valence-electron chi connectivity index (χ4n) is 1.79. The van der Waals surface area contributed by atoms with Crippen molar-refractivity contribution in [3.63, 3.8) is 0 Å². The molecule has 0 radical (unpaired) electrons. The molecule has 1 amide bonds. The second kappa shape index (κ2) is 6.65. The molecule has 1 aromatic rings. The molecule has 1 fully saturated rings. The normalized spacial score (nSPS) is 20.7. The van der Waals surface area contributed by atoms with Crippen LogP contribution in [0.4, 0.5) is 0 Å². The number of carboxylic acid groups (broad SMARTS) is 1. The first kappa shape index (κ1) is 14.0. The van der Waals surface area contributed by atoms with E-state index in [-0.39, 0.29) is 18.9 Å². The van der Waals surface area contributed by atoms with Crippen molar-refractivity contribution < 1.29 is 24.2 Å². The Morgan fingerprint density at radius 2 is 2.37 bits per heavy atom. The fraction of sp³-hybridized carbons (Fsp3) is 0.500. The number of carboxylic acids is 1. The van der Waals surface area contributed by atoms with Crippen LogP contribution in [0.5, 0.6) is 0 Å². The number of aliphatic carboxylic acids is 1. The van der Waals surface area contributed by atoms with Gasteiger partial charge in [0.25, 0.3) is 5.91 Å². The maximum absolute atomic E-state index is 12.0. The number of nitrogens with one attached hydrogen (secondary N) is 1. The third kappa shape index (κ3) is 4.02. The molecular formula is C12H15NO5S. The molecule has 6 nitrogen and oxygen atoms in total. The highest BCUT2D eigenvalue weighted by atomic mass is 32.1. The highest BCUT2D eigenvalue weighted by Crippen LogP contribution is 2.22. The Hall–Kier alpha value is -1.44. The summed E-state index contributed by atoms with van der Waals surface area (Å²) in [5.74, 6) is -1.29. The molecule has 0 unspecified atom stereocenters. The topological polar surface area (TPSA) is 84.9 Å². The zero-order chi connectivity index (χ0) is 13.7. The lowest BCUT2D eigenvalue weighted by Gasteiger charge is -2.24. The molecule has 0 aromatic carbocycles. The first-order chi connectivity index (χ1) is 9.16. The molecule has 2 N–H and O–H groups in total. The van der Waals surface area contributed by atoms with E-state index in [1.54, 1.807) is 6.07 Å². The Labute approximate surface area is 114 Å². The lowest BCUT2D eigenvalue weighted by atomic mass is 10.1. The Kier molecular flexibility index (Phi) is 4.89. The van der Waals surface area contributed by atoms with Gasteiger partial charge in [0.1, 0.15) is 0 Å². The molecule has 104 valence electrons. The number of amides is 1. The summed E-state index contributed by atoms with van der Waals surface area (Å²) in [7, 11) is 0. The van der Waals surface area contributed by atoms with Crippen molar-refractivity contribution >= 4 is 23.2 Å². The predicted octanol–water partition coefficient (Wildman–Crippen LogP) is 0.796. The van der Waals surface area contributed by atoms with Crippen molar-refractivity contribution in [1.29, 1.82) is 0 Å². The van der Waals surface area contributed by atoms with E-state index < -0.39 is 18.1 Å². The van der Waals surface area contributed by atoms with Crippen LogP contribution in [0.2, 0.25) is 0 Å². The summed E-state index contributed by atoms with van der Waals surface area (Å²) in [4.78, 5) is 23.7. The van der Waals surface area contributed by atoms with Gasteiger partial charge in [-0.05, 0) is 11.4 Å². The molecule has 2 atom stereocenters. The summed E-state index contributed by atoms with van der Waals surface area (Å²) < 4.78 is 10.4. The summed E-state index contributed by atoms with van der Waals surface area (Å²) in [6, 6.07) is 3.09. The van der Waals surface area contributed by atoms with Crippen molar-refractivity contribution in [2.45, 2.75) is 18.6 Å². The number of carbonyl (C=O) groups is 2. The molecule has 1 saturated heterocycles. The summed E-state index contributed by atoms with van der Waals surface area (Å²) >= 11 is 1.41. The number of carbonyl (C=O) groups excluding carboxylic acids is 1. The molecule has 1 aliphatic heterocycles. The minimum Gasteiger partial charge on any atom is -0.481 e. The van der Waals surface area contributed by atoms with Crippen LogP contribution < -0.4 is 5.32 Å². The van der Waals surface area contributed by atoms with Gasteiger partial charge in [-0.3, -0.25) is 9.59 Å². The van der Waals surface area contributed by atoms with Crippen LogP contribution in [0.1, 0.15) is 17.3 Å². The van der Waals surface area contributed by atoms with Gasteiger partial charge in [0, 0.05) is 4.88 Å². The van der Waals surface area contributed by atoms with Crippen LogP contribution >= 0.6 is 11.3 Å². The number of ether oxygens (including phenoxy) is 2. The third-order valence-electron chi connectivity index (χ3n) is 2.69. The minimum atomic E-state index is -0.959. The molecule has 19 heavy (non-hydrogen) atoms. The largest absolute Gasteiger partial charge is 0.481 e. The molecule has 0 spiro atoms. The molecule has 2 rings (SSSR count). The van der Waals surface area contributed by atoms with E-state index in [4.69, 9.17) is 14.6 Å². The quantitative estimate of drug-likeness (QED) is 0.835. The van der Waals surface area contributed by atoms with Crippen LogP contribution in [0.3, 0.4) is 0 Å². The molecule has 1 aromatic heterocycles. The molecule has 1 aliphatic rings. The monoisotopic (exact) mass is 285 g/mol. The van der Waals surface area contributed by atoms with Gasteiger partial charge in [-0.15, -0.1) is 11.3 Å². The Morgan fingerprint density at radius 3 is 2.95 bits per heavy atom. The average Bonchev–Trinajstić information content (AvgIpc) is 2.92. The van der Waals surface area contributed by atoms with E-state index in [0.717, 1.165) is 4.88 Å². The van der Waals surface area contributed by atoms with Crippen LogP contribution in [-0.2, 0) is 19.1 Å². The molecule has 7 heteroatoms. The van der Waals surface area contributed by atoms with Gasteiger partial charge in [0.05, 0.1) is 32.3 Å². The fourth-order valence-corrected chi connectivity index (χ4v) is 2.57. The smallest absolute Gasteiger partial charge is 0.305 e. The number of hydrogen-bond acceptors (Lipinski definition) is 5. The maximum Gasteiger partial charge on any atom is 0.305 e. The third-order valence-corrected chi connectivity index (χ3v) is 3.68. The van der Waals surface area contributed by atoms with Crippen molar-refractivity contribution in [2.75, 3.05) is 19.8 Å². The lowest BCUT2D eigenvalue weighted by molar-refractivity contribution is -0.148. The molecule has 0 saturated carbocycles. The van der Waals surface area contributed by atoms with E-state index >= 15 is 0 Å². The Balaban J connectivity index is 1.99. The summed E-state index contributed by atoms with van der Waals surface area (Å²) in [5.41, 5.74) is 0. The van der Waals surface area contributed by atoms with E-state index in [2.05, 4.69) is 5.32 Å². The van der Waals surface area contributed by atoms with Gasteiger partial charge in [-0.2, -0.15) is 0 Å². The van der Waals surface area contributed by atoms with Gasteiger partial charge in [-0.1, -0.05) is 6.07 Å². The van der Waals surface area contributed by atoms with E-state index in [1.807, 2.05) is 11.4 Å². The van der Waals surface area contributed by atoms with Gasteiger partial charge in [0.2, 0.25) is 0 Å². The first-order valence-corrected chi connectivity index (χ1v) is 6.79. The first-order valence-electron chi connectivity index (χ1n) is 5.91. The second-order valence-corrected chi connectivity index (χ2v) is 5.09. The van der Waals surface area contributed by atoms with Crippen LogP contribution in [0.25, 0.3) is 0 Å². The van der Waals surface area contributed by atoms with Crippen LogP contribution in [-0.4, -0.2) is 42.9 Å². The standard InChI is InChI=1S/C12H15NO5S/c14-11(15)6-8(10-2-1-5-19-10)13-12(16)9-7-17-3-4-18-9/h1-2,5,8-9H,3-4,6-7H2,(H,13,16)(H,14,15)/t8-,9-/m0/s1. The molecule has 0 aliphatic carbocycles. The summed E-state index contributed by atoms with van der Waals surface area (Å²) in [5, 5.41) is 13.5. The SMILES string of the molecule is O=C(O)C[C@H](NC(=O)[C@@H]1COCCO1)c1cccs1. The Morgan fingerprint density at radius 1 is 1.53 bits per heavy atom. The van der Waals surface area contributed by atoms with E-state index in [0.29, 0.717) is 13.2 Å². The van der Waals surface area contributed by atoms with E-state index in [1.165, 1.54) is 11.3 Å². The van der Waals surface area contributed by atoms with E-state index in [9.17, 15) is 9.59 Å². The van der Waals surface area contributed by atoms with Crippen molar-refractivity contribution in [1.82, 2.24) is 5.32 Å². The second-order valence-electron chi connectivity index (χ2n) is 4.11. The highest BCUT2D eigenvalue weighted by Gasteiger charge is 2.26. The molecule has 2 heterocycles. The molecule has 0 bridgehead atoms. The average molecular weight is 285 g/mol. The lowest BCUT2D eigenvalue weighted by Crippen LogP contribution is -2.44.